The first-order valence-corrected chi connectivity index (χ1v) is 6.75. The minimum atomic E-state index is -1.13. The van der Waals surface area contributed by atoms with Gasteiger partial charge in [0.25, 0.3) is 0 Å². The summed E-state index contributed by atoms with van der Waals surface area (Å²) >= 11 is 0. The van der Waals surface area contributed by atoms with Gasteiger partial charge in [-0.2, -0.15) is 0 Å². The van der Waals surface area contributed by atoms with Gasteiger partial charge >= 0.3 is 5.97 Å². The Bertz CT molecular complexity index is 491. The van der Waals surface area contributed by atoms with Gasteiger partial charge in [-0.15, -0.1) is 0 Å². The van der Waals surface area contributed by atoms with E-state index in [4.69, 9.17) is 5.11 Å². The highest BCUT2D eigenvalue weighted by Crippen LogP contribution is 2.21. The van der Waals surface area contributed by atoms with Crippen LogP contribution in [0.3, 0.4) is 0 Å². The van der Waals surface area contributed by atoms with Gasteiger partial charge in [-0.1, -0.05) is 38.1 Å². The van der Waals surface area contributed by atoms with E-state index in [2.05, 4.69) is 31.3 Å². The summed E-state index contributed by atoms with van der Waals surface area (Å²) in [4.78, 5) is 21.8. The van der Waals surface area contributed by atoms with E-state index in [1.807, 2.05) is 19.1 Å². The number of nitrogens with one attached hydrogen (secondary N) is 1. The summed E-state index contributed by atoms with van der Waals surface area (Å²) in [5, 5.41) is 11.2. The van der Waals surface area contributed by atoms with Crippen molar-refractivity contribution in [3.05, 3.63) is 47.5 Å². The van der Waals surface area contributed by atoms with Gasteiger partial charge < -0.3 is 10.4 Å². The molecule has 1 aromatic carbocycles. The molecule has 20 heavy (non-hydrogen) atoms. The second-order valence-corrected chi connectivity index (χ2v) is 4.88. The predicted molar refractivity (Wildman–Crippen MR) is 78.5 cm³/mol. The summed E-state index contributed by atoms with van der Waals surface area (Å²) in [6.07, 6.45) is 2.94. The maximum atomic E-state index is 11.5. The van der Waals surface area contributed by atoms with Gasteiger partial charge in [0, 0.05) is 12.2 Å². The number of rotatable bonds is 6. The molecular formula is C16H21NO3. The van der Waals surface area contributed by atoms with Crippen LogP contribution in [0.25, 0.3) is 0 Å². The molecule has 2 N–H and O–H groups in total. The van der Waals surface area contributed by atoms with Crippen molar-refractivity contribution < 1.29 is 14.7 Å². The third-order valence-electron chi connectivity index (χ3n) is 3.35. The highest BCUT2D eigenvalue weighted by molar-refractivity contribution is 5.94. The van der Waals surface area contributed by atoms with E-state index < -0.39 is 11.9 Å². The molecule has 0 aliphatic rings. The average molecular weight is 275 g/mol. The number of carbonyl (C=O) groups excluding carboxylic acids is 1. The second kappa shape index (κ2) is 7.48. The molecule has 0 heterocycles. The largest absolute Gasteiger partial charge is 0.478 e. The third kappa shape index (κ3) is 4.88. The summed E-state index contributed by atoms with van der Waals surface area (Å²) in [6, 6.07) is 7.96. The first kappa shape index (κ1) is 16.0. The minimum Gasteiger partial charge on any atom is -0.478 e. The van der Waals surface area contributed by atoms with Gasteiger partial charge in [-0.3, -0.25) is 4.79 Å². The van der Waals surface area contributed by atoms with E-state index in [1.54, 1.807) is 0 Å². The molecule has 0 saturated heterocycles. The van der Waals surface area contributed by atoms with Gasteiger partial charge in [-0.05, 0) is 30.4 Å². The van der Waals surface area contributed by atoms with Crippen LogP contribution in [0, 0.1) is 0 Å². The number of carbonyl (C=O) groups is 2. The van der Waals surface area contributed by atoms with Gasteiger partial charge in [0.05, 0.1) is 6.04 Å². The average Bonchev–Trinajstić information content (AvgIpc) is 2.44. The van der Waals surface area contributed by atoms with Crippen LogP contribution in [0.4, 0.5) is 0 Å². The maximum Gasteiger partial charge on any atom is 0.328 e. The summed E-state index contributed by atoms with van der Waals surface area (Å²) in [5.41, 5.74) is 2.27. The molecule has 2 atom stereocenters. The van der Waals surface area contributed by atoms with E-state index in [9.17, 15) is 9.59 Å². The van der Waals surface area contributed by atoms with Crippen molar-refractivity contribution in [3.8, 4) is 0 Å². The molecule has 0 bridgehead atoms. The molecule has 4 nitrogen and oxygen atoms in total. The predicted octanol–water partition coefficient (Wildman–Crippen LogP) is 3.02. The van der Waals surface area contributed by atoms with Crippen LogP contribution < -0.4 is 5.32 Å². The van der Waals surface area contributed by atoms with E-state index in [-0.39, 0.29) is 6.04 Å². The number of aliphatic carboxylic acids is 1. The van der Waals surface area contributed by atoms with Crippen molar-refractivity contribution in [2.45, 2.75) is 39.2 Å². The zero-order chi connectivity index (χ0) is 15.1. The van der Waals surface area contributed by atoms with E-state index in [1.165, 1.54) is 5.56 Å². The van der Waals surface area contributed by atoms with Crippen LogP contribution in [-0.4, -0.2) is 17.0 Å². The van der Waals surface area contributed by atoms with Crippen molar-refractivity contribution in [3.63, 3.8) is 0 Å². The Labute approximate surface area is 119 Å². The molecule has 0 aromatic heterocycles. The third-order valence-corrected chi connectivity index (χ3v) is 3.35. The summed E-state index contributed by atoms with van der Waals surface area (Å²) in [6.45, 7) is 6.19. The Hall–Kier alpha value is -2.10. The fraction of sp³-hybridized carbons (Fsp3) is 0.375. The molecule has 0 fully saturated rings. The SMILES string of the molecule is CC[C@@H](C)c1ccc([C@@H](C)NC(=O)/C=C\C(=O)O)cc1. The Morgan fingerprint density at radius 3 is 2.20 bits per heavy atom. The molecule has 1 amide bonds. The number of hydrogen-bond acceptors (Lipinski definition) is 2. The lowest BCUT2D eigenvalue weighted by atomic mass is 9.96. The number of hydrogen-bond donors (Lipinski definition) is 2. The second-order valence-electron chi connectivity index (χ2n) is 4.88. The molecule has 0 unspecified atom stereocenters. The topological polar surface area (TPSA) is 66.4 Å². The Morgan fingerprint density at radius 2 is 1.70 bits per heavy atom. The molecule has 0 aliphatic carbocycles. The lowest BCUT2D eigenvalue weighted by molar-refractivity contribution is -0.131. The highest BCUT2D eigenvalue weighted by Gasteiger charge is 2.09. The van der Waals surface area contributed by atoms with Crippen molar-refractivity contribution in [1.82, 2.24) is 5.32 Å². The highest BCUT2D eigenvalue weighted by atomic mass is 16.4. The maximum absolute atomic E-state index is 11.5. The van der Waals surface area contributed by atoms with Gasteiger partial charge in [0.2, 0.25) is 5.91 Å². The van der Waals surface area contributed by atoms with Crippen LogP contribution in [0.2, 0.25) is 0 Å². The van der Waals surface area contributed by atoms with Crippen LogP contribution in [0.1, 0.15) is 50.3 Å². The smallest absolute Gasteiger partial charge is 0.328 e. The molecule has 0 radical (unpaired) electrons. The molecule has 1 rings (SSSR count). The molecular weight excluding hydrogens is 254 g/mol. The molecule has 1 aromatic rings. The van der Waals surface area contributed by atoms with Crippen LogP contribution >= 0.6 is 0 Å². The van der Waals surface area contributed by atoms with Gasteiger partial charge in [0.1, 0.15) is 0 Å². The quantitative estimate of drug-likeness (QED) is 0.784. The monoisotopic (exact) mass is 275 g/mol. The molecule has 108 valence electrons. The van der Waals surface area contributed by atoms with Crippen LogP contribution in [0.5, 0.6) is 0 Å². The summed E-state index contributed by atoms with van der Waals surface area (Å²) in [7, 11) is 0. The fourth-order valence-electron chi connectivity index (χ4n) is 1.84. The van der Waals surface area contributed by atoms with Crippen LogP contribution in [-0.2, 0) is 9.59 Å². The molecule has 0 aliphatic heterocycles. The number of carboxylic acid groups (broad SMARTS) is 1. The number of amides is 1. The zero-order valence-corrected chi connectivity index (χ0v) is 12.1. The van der Waals surface area contributed by atoms with Crippen molar-refractivity contribution in [2.75, 3.05) is 0 Å². The Balaban J connectivity index is 2.66. The molecule has 0 spiro atoms. The summed E-state index contributed by atoms with van der Waals surface area (Å²) in [5.74, 6) is -1.02. The lowest BCUT2D eigenvalue weighted by Crippen LogP contribution is -2.24. The first-order valence-electron chi connectivity index (χ1n) is 6.75. The van der Waals surface area contributed by atoms with Crippen LogP contribution in [0.15, 0.2) is 36.4 Å². The van der Waals surface area contributed by atoms with Gasteiger partial charge in [-0.25, -0.2) is 4.79 Å². The number of carboxylic acids is 1. The zero-order valence-electron chi connectivity index (χ0n) is 12.1. The normalized spacial score (nSPS) is 13.9. The van der Waals surface area contributed by atoms with Crippen molar-refractivity contribution in [2.24, 2.45) is 0 Å². The molecule has 4 heteroatoms. The van der Waals surface area contributed by atoms with Crippen molar-refractivity contribution in [1.29, 1.82) is 0 Å². The Morgan fingerprint density at radius 1 is 1.15 bits per heavy atom. The van der Waals surface area contributed by atoms with Crippen molar-refractivity contribution >= 4 is 11.9 Å². The van der Waals surface area contributed by atoms with E-state index in [0.29, 0.717) is 5.92 Å². The lowest BCUT2D eigenvalue weighted by Gasteiger charge is -2.15. The van der Waals surface area contributed by atoms with E-state index in [0.717, 1.165) is 24.1 Å². The number of benzene rings is 1. The summed E-state index contributed by atoms with van der Waals surface area (Å²) < 4.78 is 0. The van der Waals surface area contributed by atoms with E-state index >= 15 is 0 Å². The standard InChI is InChI=1S/C16H21NO3/c1-4-11(2)13-5-7-14(8-6-13)12(3)17-15(18)9-10-16(19)20/h5-12H,4H2,1-3H3,(H,17,18)(H,19,20)/b10-9-/t11-,12-/m1/s1. The van der Waals surface area contributed by atoms with Gasteiger partial charge in [0.15, 0.2) is 0 Å². The molecule has 0 saturated carbocycles. The first-order chi connectivity index (χ1) is 9.43. The minimum absolute atomic E-state index is 0.160. The fourth-order valence-corrected chi connectivity index (χ4v) is 1.84. The Kier molecular flexibility index (Phi) is 5.97.